The lowest BCUT2D eigenvalue weighted by Crippen LogP contribution is -2.39. The average molecular weight is 434 g/mol. The molecule has 1 aliphatic rings. The summed E-state index contributed by atoms with van der Waals surface area (Å²) < 4.78 is 33.7. The number of sulfonamides is 1. The van der Waals surface area contributed by atoms with Crippen LogP contribution < -0.4 is 0 Å². The summed E-state index contributed by atoms with van der Waals surface area (Å²) >= 11 is 0. The third-order valence-corrected chi connectivity index (χ3v) is 7.67. The van der Waals surface area contributed by atoms with Gasteiger partial charge in [-0.05, 0) is 48.7 Å². The van der Waals surface area contributed by atoms with Crippen LogP contribution in [-0.4, -0.2) is 36.0 Å². The standard InChI is InChI=1S/C24H23N3O3S/c1-17-6-4-9-20(14-17)23-25-24(30-26-23)21-10-5-13-27(16-21)31(28,29)22-12-11-18-7-2-3-8-19(18)15-22/h2-4,6-9,11-12,14-15,21H,5,10,13,16H2,1H3. The molecule has 5 rings (SSSR count). The number of fused-ring (bicyclic) bond motifs is 1. The molecule has 0 bridgehead atoms. The number of nitrogens with zero attached hydrogens (tertiary/aromatic N) is 3. The van der Waals surface area contributed by atoms with Gasteiger partial charge in [0, 0.05) is 18.7 Å². The molecule has 1 atom stereocenters. The molecule has 0 radical (unpaired) electrons. The first kappa shape index (κ1) is 19.9. The van der Waals surface area contributed by atoms with E-state index in [1.54, 1.807) is 16.4 Å². The monoisotopic (exact) mass is 433 g/mol. The Kier molecular flexibility index (Phi) is 5.08. The van der Waals surface area contributed by atoms with Gasteiger partial charge in [0.15, 0.2) is 0 Å². The van der Waals surface area contributed by atoms with Crippen molar-refractivity contribution in [3.05, 3.63) is 78.2 Å². The zero-order valence-corrected chi connectivity index (χ0v) is 18.0. The summed E-state index contributed by atoms with van der Waals surface area (Å²) in [6, 6.07) is 21.0. The lowest BCUT2D eigenvalue weighted by Gasteiger charge is -2.30. The first-order valence-electron chi connectivity index (χ1n) is 10.4. The van der Waals surface area contributed by atoms with Crippen molar-refractivity contribution in [1.82, 2.24) is 14.4 Å². The van der Waals surface area contributed by atoms with Gasteiger partial charge < -0.3 is 4.52 Å². The molecular formula is C24H23N3O3S. The highest BCUT2D eigenvalue weighted by Gasteiger charge is 2.33. The van der Waals surface area contributed by atoms with Crippen LogP contribution in [0.15, 0.2) is 76.1 Å². The van der Waals surface area contributed by atoms with Crippen molar-refractivity contribution < 1.29 is 12.9 Å². The Morgan fingerprint density at radius 2 is 1.84 bits per heavy atom. The molecule has 1 aromatic heterocycles. The molecule has 7 heteroatoms. The summed E-state index contributed by atoms with van der Waals surface area (Å²) in [7, 11) is -3.60. The third kappa shape index (κ3) is 3.86. The van der Waals surface area contributed by atoms with Gasteiger partial charge in [-0.3, -0.25) is 0 Å². The van der Waals surface area contributed by atoms with Gasteiger partial charge >= 0.3 is 0 Å². The van der Waals surface area contributed by atoms with Gasteiger partial charge in [0.1, 0.15) is 0 Å². The number of aromatic nitrogens is 2. The second kappa shape index (κ2) is 7.90. The Morgan fingerprint density at radius 1 is 1.00 bits per heavy atom. The number of aryl methyl sites for hydroxylation is 1. The third-order valence-electron chi connectivity index (χ3n) is 5.81. The molecule has 158 valence electrons. The zero-order valence-electron chi connectivity index (χ0n) is 17.2. The fourth-order valence-corrected chi connectivity index (χ4v) is 5.70. The summed E-state index contributed by atoms with van der Waals surface area (Å²) in [5.41, 5.74) is 2.01. The fraction of sp³-hybridized carbons (Fsp3) is 0.250. The number of piperidine rings is 1. The first-order valence-corrected chi connectivity index (χ1v) is 11.8. The predicted octanol–water partition coefficient (Wildman–Crippen LogP) is 4.77. The van der Waals surface area contributed by atoms with Crippen LogP contribution in [0.4, 0.5) is 0 Å². The minimum absolute atomic E-state index is 0.116. The van der Waals surface area contributed by atoms with Crippen LogP contribution in [-0.2, 0) is 10.0 Å². The van der Waals surface area contributed by atoms with E-state index >= 15 is 0 Å². The molecule has 1 aliphatic heterocycles. The summed E-state index contributed by atoms with van der Waals surface area (Å²) in [5.74, 6) is 0.915. The highest BCUT2D eigenvalue weighted by atomic mass is 32.2. The normalized spacial score (nSPS) is 17.8. The fourth-order valence-electron chi connectivity index (χ4n) is 4.14. The van der Waals surface area contributed by atoms with Crippen LogP contribution in [0.3, 0.4) is 0 Å². The summed E-state index contributed by atoms with van der Waals surface area (Å²) in [6.45, 7) is 2.84. The van der Waals surface area contributed by atoms with Crippen molar-refractivity contribution in [2.45, 2.75) is 30.6 Å². The number of hydrogen-bond acceptors (Lipinski definition) is 5. The maximum atomic E-state index is 13.3. The minimum Gasteiger partial charge on any atom is -0.339 e. The Bertz CT molecular complexity index is 1350. The Hall–Kier alpha value is -3.03. The van der Waals surface area contributed by atoms with Crippen molar-refractivity contribution in [2.75, 3.05) is 13.1 Å². The second-order valence-electron chi connectivity index (χ2n) is 8.04. The van der Waals surface area contributed by atoms with Gasteiger partial charge in [-0.15, -0.1) is 0 Å². The maximum Gasteiger partial charge on any atom is 0.243 e. The molecule has 6 nitrogen and oxygen atoms in total. The molecule has 0 saturated carbocycles. The van der Waals surface area contributed by atoms with E-state index in [0.717, 1.165) is 34.7 Å². The molecule has 1 fully saturated rings. The van der Waals surface area contributed by atoms with Crippen molar-refractivity contribution in [1.29, 1.82) is 0 Å². The van der Waals surface area contributed by atoms with Crippen LogP contribution >= 0.6 is 0 Å². The highest BCUT2D eigenvalue weighted by Crippen LogP contribution is 2.31. The molecule has 4 aromatic rings. The Morgan fingerprint density at radius 3 is 2.68 bits per heavy atom. The van der Waals surface area contributed by atoms with Crippen LogP contribution in [0.5, 0.6) is 0 Å². The van der Waals surface area contributed by atoms with Crippen LogP contribution in [0.1, 0.15) is 30.2 Å². The molecular weight excluding hydrogens is 410 g/mol. The van der Waals surface area contributed by atoms with Gasteiger partial charge in [-0.1, -0.05) is 59.3 Å². The average Bonchev–Trinajstić information content (AvgIpc) is 3.29. The van der Waals surface area contributed by atoms with Gasteiger partial charge in [0.25, 0.3) is 0 Å². The molecule has 1 unspecified atom stereocenters. The molecule has 0 spiro atoms. The minimum atomic E-state index is -3.60. The van der Waals surface area contributed by atoms with E-state index in [1.807, 2.05) is 61.5 Å². The molecule has 3 aromatic carbocycles. The molecule has 0 amide bonds. The molecule has 31 heavy (non-hydrogen) atoms. The largest absolute Gasteiger partial charge is 0.339 e. The molecule has 1 saturated heterocycles. The van der Waals surface area contributed by atoms with Gasteiger partial charge in [0.05, 0.1) is 10.8 Å². The maximum absolute atomic E-state index is 13.3. The smallest absolute Gasteiger partial charge is 0.243 e. The van der Waals surface area contributed by atoms with E-state index in [9.17, 15) is 8.42 Å². The molecule has 0 aliphatic carbocycles. The highest BCUT2D eigenvalue weighted by molar-refractivity contribution is 7.89. The van der Waals surface area contributed by atoms with E-state index < -0.39 is 10.0 Å². The summed E-state index contributed by atoms with van der Waals surface area (Å²) in [6.07, 6.45) is 1.57. The van der Waals surface area contributed by atoms with Crippen molar-refractivity contribution >= 4 is 20.8 Å². The summed E-state index contributed by atoms with van der Waals surface area (Å²) in [5, 5.41) is 6.06. The SMILES string of the molecule is Cc1cccc(-c2noc(C3CCCN(S(=O)(=O)c4ccc5ccccc5c4)C3)n2)c1. The molecule has 0 N–H and O–H groups in total. The van der Waals surface area contributed by atoms with E-state index in [4.69, 9.17) is 4.52 Å². The lowest BCUT2D eigenvalue weighted by atomic mass is 10.00. The Balaban J connectivity index is 1.39. The molecule has 2 heterocycles. The lowest BCUT2D eigenvalue weighted by molar-refractivity contribution is 0.265. The Labute approximate surface area is 181 Å². The van der Waals surface area contributed by atoms with Crippen molar-refractivity contribution in [3.8, 4) is 11.4 Å². The second-order valence-corrected chi connectivity index (χ2v) is 9.97. The van der Waals surface area contributed by atoms with Crippen LogP contribution in [0, 0.1) is 6.92 Å². The van der Waals surface area contributed by atoms with Gasteiger partial charge in [-0.25, -0.2) is 8.42 Å². The van der Waals surface area contributed by atoms with E-state index in [1.165, 1.54) is 0 Å². The quantitative estimate of drug-likeness (QED) is 0.463. The van der Waals surface area contributed by atoms with Crippen LogP contribution in [0.25, 0.3) is 22.2 Å². The number of rotatable bonds is 4. The van der Waals surface area contributed by atoms with E-state index in [2.05, 4.69) is 10.1 Å². The van der Waals surface area contributed by atoms with Crippen LogP contribution in [0.2, 0.25) is 0 Å². The summed E-state index contributed by atoms with van der Waals surface area (Å²) in [4.78, 5) is 4.89. The van der Waals surface area contributed by atoms with Crippen molar-refractivity contribution in [2.24, 2.45) is 0 Å². The van der Waals surface area contributed by atoms with E-state index in [-0.39, 0.29) is 5.92 Å². The van der Waals surface area contributed by atoms with E-state index in [0.29, 0.717) is 29.7 Å². The number of benzene rings is 3. The first-order chi connectivity index (χ1) is 15.0. The van der Waals surface area contributed by atoms with Gasteiger partial charge in [-0.2, -0.15) is 9.29 Å². The topological polar surface area (TPSA) is 76.3 Å². The predicted molar refractivity (Wildman–Crippen MR) is 119 cm³/mol. The van der Waals surface area contributed by atoms with Gasteiger partial charge in [0.2, 0.25) is 21.7 Å². The van der Waals surface area contributed by atoms with Crippen molar-refractivity contribution in [3.63, 3.8) is 0 Å². The number of hydrogen-bond donors (Lipinski definition) is 0. The zero-order chi connectivity index (χ0) is 21.4.